The first-order valence-electron chi connectivity index (χ1n) is 10.4. The summed E-state index contributed by atoms with van der Waals surface area (Å²) in [5.74, 6) is -0.771. The Hall–Kier alpha value is -1.33. The van der Waals surface area contributed by atoms with E-state index in [-0.39, 0.29) is 30.4 Å². The molecule has 0 amide bonds. The fraction of sp³-hybridized carbons (Fsp3) is 0.667. The Bertz CT molecular complexity index is 1280. The van der Waals surface area contributed by atoms with Gasteiger partial charge in [0.2, 0.25) is 0 Å². The molecule has 6 N–H and O–H groups in total. The molecule has 186 valence electrons. The molecule has 5 atom stereocenters. The summed E-state index contributed by atoms with van der Waals surface area (Å²) in [6, 6.07) is 3.47. The first-order valence-corrected chi connectivity index (χ1v) is 14.8. The summed E-state index contributed by atoms with van der Waals surface area (Å²) in [7, 11) is -12.8. The van der Waals surface area contributed by atoms with Crippen LogP contribution in [0.3, 0.4) is 0 Å². The highest BCUT2D eigenvalue weighted by Gasteiger charge is 2.61. The van der Waals surface area contributed by atoms with Gasteiger partial charge in [-0.05, 0) is 80.0 Å². The van der Waals surface area contributed by atoms with Crippen molar-refractivity contribution in [2.75, 3.05) is 0 Å². The normalized spacial score (nSPS) is 32.0. The van der Waals surface area contributed by atoms with Crippen LogP contribution in [-0.2, 0) is 45.7 Å². The van der Waals surface area contributed by atoms with E-state index in [1.165, 1.54) is 0 Å². The van der Waals surface area contributed by atoms with E-state index in [2.05, 4.69) is 0 Å². The van der Waals surface area contributed by atoms with Crippen molar-refractivity contribution in [1.29, 1.82) is 0 Å². The minimum Gasteiger partial charge on any atom is -0.371 e. The van der Waals surface area contributed by atoms with Gasteiger partial charge in [0.25, 0.3) is 0 Å². The smallest absolute Gasteiger partial charge is 0.371 e. The van der Waals surface area contributed by atoms with Crippen molar-refractivity contribution in [3.63, 3.8) is 0 Å². The van der Waals surface area contributed by atoms with Gasteiger partial charge in [-0.15, -0.1) is 0 Å². The molecule has 0 unspecified atom stereocenters. The molecule has 0 bridgehead atoms. The molecule has 0 heterocycles. The van der Waals surface area contributed by atoms with E-state index in [9.17, 15) is 25.3 Å². The van der Waals surface area contributed by atoms with Gasteiger partial charge in [0.05, 0.1) is 11.7 Å². The topological polar surface area (TPSA) is 208 Å². The van der Waals surface area contributed by atoms with Crippen LogP contribution in [0.25, 0.3) is 0 Å². The Morgan fingerprint density at radius 1 is 0.879 bits per heavy atom. The first-order chi connectivity index (χ1) is 15.1. The molecule has 0 radical (unpaired) electrons. The Kier molecular flexibility index (Phi) is 6.10. The molecule has 0 spiro atoms. The summed E-state index contributed by atoms with van der Waals surface area (Å²) < 4.78 is 85.6. The standard InChI is InChI=1S/C18H27N3O9S3/c1-10-8-13-11(9-17(10)29-32(20,24)25)2-4-14-12(13)3-5-15-16(28-31(19,22)23)6-7-18(14,15)30-33(21,26)27/h8-9,12,14-16H,2-7H2,1H3,(H2,19,22,23)(H2,20,24,25)(H2,21,26,27)/t12-,14-,15+,16+,18-/m1/s1. The lowest BCUT2D eigenvalue weighted by Crippen LogP contribution is -2.55. The number of nitrogens with two attached hydrogens (primary N) is 3. The van der Waals surface area contributed by atoms with E-state index >= 15 is 0 Å². The average Bonchev–Trinajstić information content (AvgIpc) is 2.96. The molecule has 0 aromatic heterocycles. The van der Waals surface area contributed by atoms with Gasteiger partial charge in [0.1, 0.15) is 5.75 Å². The number of fused-ring (bicyclic) bond motifs is 5. The second-order valence-electron chi connectivity index (χ2n) is 9.03. The zero-order chi connectivity index (χ0) is 24.4. The summed E-state index contributed by atoms with van der Waals surface area (Å²) in [4.78, 5) is 0. The van der Waals surface area contributed by atoms with Gasteiger partial charge in [0.15, 0.2) is 0 Å². The molecule has 2 saturated carbocycles. The van der Waals surface area contributed by atoms with Crippen molar-refractivity contribution in [2.45, 2.75) is 63.1 Å². The van der Waals surface area contributed by atoms with E-state index in [0.29, 0.717) is 31.2 Å². The van der Waals surface area contributed by atoms with Crippen LogP contribution >= 0.6 is 0 Å². The highest BCUT2D eigenvalue weighted by atomic mass is 32.2. The van der Waals surface area contributed by atoms with Crippen molar-refractivity contribution < 1.29 is 37.8 Å². The highest BCUT2D eigenvalue weighted by Crippen LogP contribution is 2.60. The summed E-state index contributed by atoms with van der Waals surface area (Å²) >= 11 is 0. The molecule has 33 heavy (non-hydrogen) atoms. The molecule has 3 aliphatic rings. The first kappa shape index (κ1) is 24.8. The van der Waals surface area contributed by atoms with Gasteiger partial charge in [-0.25, -0.2) is 10.3 Å². The SMILES string of the molecule is Cc1cc2c(cc1OS(N)(=O)=O)CC[C@@H]1[C@@H]2CC[C@H]2[C@@H](OS(N)(=O)=O)CC[C@@]12OS(N)(=O)=O. The average molecular weight is 526 g/mol. The zero-order valence-corrected chi connectivity index (χ0v) is 20.3. The Morgan fingerprint density at radius 2 is 1.58 bits per heavy atom. The molecule has 4 rings (SSSR count). The molecule has 1 aromatic carbocycles. The zero-order valence-electron chi connectivity index (χ0n) is 17.8. The van der Waals surface area contributed by atoms with Gasteiger partial charge in [-0.3, -0.25) is 8.37 Å². The minimum atomic E-state index is -4.35. The van der Waals surface area contributed by atoms with Crippen molar-refractivity contribution in [3.05, 3.63) is 28.8 Å². The molecule has 3 aliphatic carbocycles. The molecular weight excluding hydrogens is 498 g/mol. The maximum atomic E-state index is 12.1. The van der Waals surface area contributed by atoms with Crippen LogP contribution in [0.4, 0.5) is 0 Å². The predicted octanol–water partition coefficient (Wildman–Crippen LogP) is -0.0253. The predicted molar refractivity (Wildman–Crippen MR) is 116 cm³/mol. The molecule has 0 saturated heterocycles. The van der Waals surface area contributed by atoms with Crippen LogP contribution in [-0.4, -0.2) is 37.0 Å². The Morgan fingerprint density at radius 3 is 2.18 bits per heavy atom. The third-order valence-electron chi connectivity index (χ3n) is 7.09. The number of hydrogen-bond donors (Lipinski definition) is 3. The lowest BCUT2D eigenvalue weighted by Gasteiger charge is -2.51. The summed E-state index contributed by atoms with van der Waals surface area (Å²) in [6.07, 6.45) is 1.77. The van der Waals surface area contributed by atoms with Crippen LogP contribution in [0, 0.1) is 18.8 Å². The quantitative estimate of drug-likeness (QED) is 0.455. The van der Waals surface area contributed by atoms with Crippen LogP contribution in [0.15, 0.2) is 12.1 Å². The van der Waals surface area contributed by atoms with E-state index in [4.69, 9.17) is 28.0 Å². The monoisotopic (exact) mass is 525 g/mol. The minimum absolute atomic E-state index is 0.109. The molecule has 1 aromatic rings. The summed E-state index contributed by atoms with van der Waals surface area (Å²) in [5, 5.41) is 15.4. The van der Waals surface area contributed by atoms with Gasteiger partial charge in [-0.2, -0.15) is 30.4 Å². The van der Waals surface area contributed by atoms with E-state index < -0.39 is 48.5 Å². The van der Waals surface area contributed by atoms with Gasteiger partial charge in [0, 0.05) is 5.92 Å². The maximum Gasteiger partial charge on any atom is 0.380 e. The summed E-state index contributed by atoms with van der Waals surface area (Å²) in [6.45, 7) is 1.69. The molecule has 2 fully saturated rings. The van der Waals surface area contributed by atoms with E-state index in [1.54, 1.807) is 13.0 Å². The van der Waals surface area contributed by atoms with Gasteiger partial charge >= 0.3 is 30.9 Å². The van der Waals surface area contributed by atoms with E-state index in [0.717, 1.165) is 11.1 Å². The Balaban J connectivity index is 1.74. The fourth-order valence-corrected chi connectivity index (χ4v) is 7.96. The number of hydrogen-bond acceptors (Lipinski definition) is 9. The second kappa shape index (κ2) is 8.12. The van der Waals surface area contributed by atoms with Crippen LogP contribution < -0.4 is 19.6 Å². The number of benzene rings is 1. The highest BCUT2D eigenvalue weighted by molar-refractivity contribution is 7.85. The van der Waals surface area contributed by atoms with Crippen molar-refractivity contribution in [2.24, 2.45) is 27.3 Å². The maximum absolute atomic E-state index is 12.1. The molecular formula is C18H27N3O9S3. The molecule has 0 aliphatic heterocycles. The van der Waals surface area contributed by atoms with Gasteiger partial charge in [-0.1, -0.05) is 6.07 Å². The van der Waals surface area contributed by atoms with Crippen LogP contribution in [0.1, 0.15) is 54.7 Å². The Labute approximate surface area is 193 Å². The third kappa shape index (κ3) is 5.05. The van der Waals surface area contributed by atoms with Crippen molar-refractivity contribution >= 4 is 30.9 Å². The van der Waals surface area contributed by atoms with Gasteiger partial charge < -0.3 is 4.18 Å². The van der Waals surface area contributed by atoms with Crippen LogP contribution in [0.2, 0.25) is 0 Å². The number of aryl methyl sites for hydroxylation is 2. The van der Waals surface area contributed by atoms with Crippen molar-refractivity contribution in [3.8, 4) is 5.75 Å². The lowest BCUT2D eigenvalue weighted by molar-refractivity contribution is -0.0811. The molecule has 15 heteroatoms. The third-order valence-corrected chi connectivity index (χ3v) is 8.56. The second-order valence-corrected chi connectivity index (χ2v) is 12.5. The largest absolute Gasteiger partial charge is 0.380 e. The van der Waals surface area contributed by atoms with Crippen molar-refractivity contribution in [1.82, 2.24) is 0 Å². The lowest BCUT2D eigenvalue weighted by atomic mass is 9.58. The van der Waals surface area contributed by atoms with E-state index in [1.807, 2.05) is 6.07 Å². The van der Waals surface area contributed by atoms with Crippen LogP contribution in [0.5, 0.6) is 5.75 Å². The summed E-state index contributed by atoms with van der Waals surface area (Å²) in [5.41, 5.74) is 1.15. The number of rotatable bonds is 6. The fourth-order valence-electron chi connectivity index (χ4n) is 6.19. The molecule has 12 nitrogen and oxygen atoms in total.